The Labute approximate surface area is 226 Å². The number of carbonyl (C=O) groups is 3. The third kappa shape index (κ3) is 4.18. The number of aromatic hydroxyl groups is 1. The second-order valence-electron chi connectivity index (χ2n) is 8.71. The summed E-state index contributed by atoms with van der Waals surface area (Å²) in [6.07, 6.45) is 1.69. The number of phenolic OH excluding ortho intramolecular Hbond substituents is 1. The summed E-state index contributed by atoms with van der Waals surface area (Å²) >= 11 is 0.893. The summed E-state index contributed by atoms with van der Waals surface area (Å²) in [6, 6.07) is 8.54. The lowest BCUT2D eigenvalue weighted by atomic mass is 9.96. The van der Waals surface area contributed by atoms with Crippen molar-refractivity contribution >= 4 is 45.5 Å². The van der Waals surface area contributed by atoms with E-state index in [9.17, 15) is 24.6 Å². The van der Waals surface area contributed by atoms with Gasteiger partial charge in [0.2, 0.25) is 0 Å². The first-order chi connectivity index (χ1) is 18.7. The number of rotatable bonds is 6. The number of fused-ring (bicyclic) bond motifs is 1. The molecule has 1 saturated heterocycles. The molecule has 0 saturated carbocycles. The van der Waals surface area contributed by atoms with Crippen molar-refractivity contribution in [2.24, 2.45) is 0 Å². The van der Waals surface area contributed by atoms with E-state index in [1.807, 2.05) is 0 Å². The van der Waals surface area contributed by atoms with E-state index in [-0.39, 0.29) is 39.4 Å². The number of pyridine rings is 1. The molecule has 1 amide bonds. The number of aliphatic hydroxyl groups is 1. The van der Waals surface area contributed by atoms with Gasteiger partial charge in [-0.2, -0.15) is 0 Å². The number of nitrogens with zero attached hydrogens (tertiary/aromatic N) is 4. The number of thiazole rings is 1. The fraction of sp³-hybridized carbons (Fsp3) is 0.222. The SMILES string of the molecule is CCOc1cc(C2C(=C(O)c3c(C)nc4ccccn34)C(=O)C(=O)N2c2nc(C)c(C(=O)OC)s2)ccc1O. The number of imidazole rings is 1. The number of hydrogen-bond acceptors (Lipinski definition) is 10. The molecule has 1 aliphatic rings. The van der Waals surface area contributed by atoms with Gasteiger partial charge in [0.25, 0.3) is 5.78 Å². The first-order valence-electron chi connectivity index (χ1n) is 11.9. The first-order valence-corrected chi connectivity index (χ1v) is 12.8. The van der Waals surface area contributed by atoms with Gasteiger partial charge in [-0.15, -0.1) is 0 Å². The minimum absolute atomic E-state index is 0.0694. The number of methoxy groups -OCH3 is 1. The number of benzene rings is 1. The number of ether oxygens (including phenoxy) is 2. The molecule has 0 aliphatic carbocycles. The Balaban J connectivity index is 1.78. The molecule has 2 N–H and O–H groups in total. The predicted molar refractivity (Wildman–Crippen MR) is 142 cm³/mol. The van der Waals surface area contributed by atoms with Gasteiger partial charge < -0.3 is 19.7 Å². The van der Waals surface area contributed by atoms with E-state index < -0.39 is 29.5 Å². The zero-order valence-corrected chi connectivity index (χ0v) is 22.3. The molecule has 5 rings (SSSR count). The van der Waals surface area contributed by atoms with Crippen molar-refractivity contribution in [1.29, 1.82) is 0 Å². The third-order valence-electron chi connectivity index (χ3n) is 6.33. The first kappa shape index (κ1) is 25.9. The van der Waals surface area contributed by atoms with E-state index in [1.165, 1.54) is 25.3 Å². The second kappa shape index (κ2) is 9.87. The molecule has 4 heterocycles. The Morgan fingerprint density at radius 1 is 1.13 bits per heavy atom. The van der Waals surface area contributed by atoms with Crippen molar-refractivity contribution in [3.8, 4) is 11.5 Å². The Bertz CT molecular complexity index is 1690. The van der Waals surface area contributed by atoms with Crippen LogP contribution in [-0.4, -0.2) is 56.0 Å². The Morgan fingerprint density at radius 2 is 1.90 bits per heavy atom. The average molecular weight is 549 g/mol. The van der Waals surface area contributed by atoms with Crippen molar-refractivity contribution in [3.63, 3.8) is 0 Å². The summed E-state index contributed by atoms with van der Waals surface area (Å²) in [4.78, 5) is 49.6. The molecule has 4 aromatic rings. The lowest BCUT2D eigenvalue weighted by Crippen LogP contribution is -2.29. The third-order valence-corrected chi connectivity index (χ3v) is 7.47. The van der Waals surface area contributed by atoms with Gasteiger partial charge in [0.05, 0.1) is 36.7 Å². The van der Waals surface area contributed by atoms with E-state index in [1.54, 1.807) is 49.6 Å². The molecule has 0 bridgehead atoms. The van der Waals surface area contributed by atoms with Crippen LogP contribution < -0.4 is 9.64 Å². The van der Waals surface area contributed by atoms with Gasteiger partial charge in [-0.1, -0.05) is 23.5 Å². The van der Waals surface area contributed by atoms with E-state index in [0.717, 1.165) is 16.2 Å². The topological polar surface area (TPSA) is 144 Å². The minimum atomic E-state index is -1.16. The van der Waals surface area contributed by atoms with Gasteiger partial charge in [0, 0.05) is 6.20 Å². The van der Waals surface area contributed by atoms with Crippen LogP contribution in [0.15, 0.2) is 48.2 Å². The number of anilines is 1. The van der Waals surface area contributed by atoms with Gasteiger partial charge in [-0.25, -0.2) is 14.8 Å². The maximum absolute atomic E-state index is 13.6. The van der Waals surface area contributed by atoms with Crippen molar-refractivity contribution < 1.29 is 34.1 Å². The number of aromatic nitrogens is 3. The number of aryl methyl sites for hydroxylation is 2. The number of carbonyl (C=O) groups excluding carboxylic acids is 3. The number of phenols is 1. The van der Waals surface area contributed by atoms with Crippen LogP contribution in [0.3, 0.4) is 0 Å². The van der Waals surface area contributed by atoms with E-state index in [4.69, 9.17) is 9.47 Å². The summed E-state index contributed by atoms with van der Waals surface area (Å²) in [5.74, 6) is -2.94. The van der Waals surface area contributed by atoms with Gasteiger partial charge in [0.15, 0.2) is 22.4 Å². The molecule has 12 heteroatoms. The van der Waals surface area contributed by atoms with Crippen molar-refractivity contribution in [2.45, 2.75) is 26.8 Å². The average Bonchev–Trinajstić information content (AvgIpc) is 3.55. The molecule has 1 fully saturated rings. The summed E-state index contributed by atoms with van der Waals surface area (Å²) < 4.78 is 12.0. The van der Waals surface area contributed by atoms with Crippen LogP contribution in [0.5, 0.6) is 11.5 Å². The number of hydrogen-bond donors (Lipinski definition) is 2. The predicted octanol–water partition coefficient (Wildman–Crippen LogP) is 3.92. The highest BCUT2D eigenvalue weighted by Gasteiger charge is 2.49. The molecule has 1 atom stereocenters. The molecular weight excluding hydrogens is 524 g/mol. The molecule has 11 nitrogen and oxygen atoms in total. The monoisotopic (exact) mass is 548 g/mol. The fourth-order valence-electron chi connectivity index (χ4n) is 4.61. The molecule has 1 aromatic carbocycles. The summed E-state index contributed by atoms with van der Waals surface area (Å²) in [7, 11) is 1.23. The maximum atomic E-state index is 13.6. The van der Waals surface area contributed by atoms with Crippen LogP contribution >= 0.6 is 11.3 Å². The van der Waals surface area contributed by atoms with E-state index in [2.05, 4.69) is 9.97 Å². The molecule has 0 radical (unpaired) electrons. The van der Waals surface area contributed by atoms with Gasteiger partial charge in [-0.3, -0.25) is 18.9 Å². The molecule has 1 unspecified atom stereocenters. The normalized spacial score (nSPS) is 16.7. The fourth-order valence-corrected chi connectivity index (χ4v) is 5.62. The Kier molecular flexibility index (Phi) is 6.56. The second-order valence-corrected chi connectivity index (χ2v) is 9.68. The summed E-state index contributed by atoms with van der Waals surface area (Å²) in [5, 5.41) is 22.0. The number of ketones is 1. The zero-order valence-electron chi connectivity index (χ0n) is 21.5. The maximum Gasteiger partial charge on any atom is 0.350 e. The summed E-state index contributed by atoms with van der Waals surface area (Å²) in [6.45, 7) is 5.28. The van der Waals surface area contributed by atoms with Crippen molar-refractivity contribution in [3.05, 3.63) is 75.7 Å². The minimum Gasteiger partial charge on any atom is -0.505 e. The van der Waals surface area contributed by atoms with Crippen molar-refractivity contribution in [2.75, 3.05) is 18.6 Å². The van der Waals surface area contributed by atoms with Crippen LogP contribution in [0.1, 0.15) is 45.3 Å². The largest absolute Gasteiger partial charge is 0.505 e. The quantitative estimate of drug-likeness (QED) is 0.159. The van der Waals surface area contributed by atoms with Crippen LogP contribution in [0.2, 0.25) is 0 Å². The highest BCUT2D eigenvalue weighted by atomic mass is 32.1. The van der Waals surface area contributed by atoms with E-state index >= 15 is 0 Å². The standard InChI is InChI=1S/C27H24N4O7S/c1-5-38-17-12-15(9-10-16(17)32)21-19(22(33)20-13(2)28-18-8-6-7-11-30(18)20)23(34)25(35)31(21)27-29-14(3)24(39-27)26(36)37-4/h6-12,21,32-33H,5H2,1-4H3. The lowest BCUT2D eigenvalue weighted by Gasteiger charge is -2.23. The van der Waals surface area contributed by atoms with Crippen LogP contribution in [-0.2, 0) is 14.3 Å². The Hall–Kier alpha value is -4.71. The van der Waals surface area contributed by atoms with Crippen LogP contribution in [0.25, 0.3) is 11.4 Å². The van der Waals surface area contributed by atoms with Gasteiger partial charge in [-0.05, 0) is 50.6 Å². The van der Waals surface area contributed by atoms with Crippen LogP contribution in [0, 0.1) is 13.8 Å². The zero-order chi connectivity index (χ0) is 28.0. The van der Waals surface area contributed by atoms with E-state index in [0.29, 0.717) is 22.6 Å². The number of esters is 1. The molecule has 3 aromatic heterocycles. The number of amides is 1. The summed E-state index contributed by atoms with van der Waals surface area (Å²) in [5.41, 5.74) is 1.74. The van der Waals surface area contributed by atoms with Gasteiger partial charge >= 0.3 is 11.9 Å². The Morgan fingerprint density at radius 3 is 2.62 bits per heavy atom. The number of Topliss-reactive ketones (excluding diaryl/α,β-unsaturated/α-hetero) is 1. The highest BCUT2D eigenvalue weighted by molar-refractivity contribution is 7.17. The molecule has 1 aliphatic heterocycles. The van der Waals surface area contributed by atoms with Crippen molar-refractivity contribution in [1.82, 2.24) is 14.4 Å². The smallest absolute Gasteiger partial charge is 0.350 e. The van der Waals surface area contributed by atoms with Crippen LogP contribution in [0.4, 0.5) is 5.13 Å². The van der Waals surface area contributed by atoms with Gasteiger partial charge in [0.1, 0.15) is 16.2 Å². The number of aliphatic hydroxyl groups excluding tert-OH is 1. The highest BCUT2D eigenvalue weighted by Crippen LogP contribution is 2.45. The molecule has 0 spiro atoms. The molecule has 39 heavy (non-hydrogen) atoms. The molecule has 200 valence electrons. The molecular formula is C27H24N4O7S. The lowest BCUT2D eigenvalue weighted by molar-refractivity contribution is -0.132.